The summed E-state index contributed by atoms with van der Waals surface area (Å²) >= 11 is 0. The molecule has 0 aromatic heterocycles. The van der Waals surface area contributed by atoms with Gasteiger partial charge in [-0.05, 0) is 38.3 Å². The van der Waals surface area contributed by atoms with Gasteiger partial charge in [-0.3, -0.25) is 9.89 Å². The average Bonchev–Trinajstić information content (AvgIpc) is 2.67. The summed E-state index contributed by atoms with van der Waals surface area (Å²) in [5, 5.41) is 6.91. The first kappa shape index (κ1) is 25.2. The predicted molar refractivity (Wildman–Crippen MR) is 132 cm³/mol. The van der Waals surface area contributed by atoms with Crippen LogP contribution in [-0.4, -0.2) is 74.7 Å². The normalized spacial score (nSPS) is 17.2. The van der Waals surface area contributed by atoms with Gasteiger partial charge in [0, 0.05) is 45.3 Å². The first-order chi connectivity index (χ1) is 13.1. The predicted octanol–water partition coefficient (Wildman–Crippen LogP) is 3.06. The molecule has 0 radical (unpaired) electrons. The van der Waals surface area contributed by atoms with Crippen molar-refractivity contribution < 1.29 is 0 Å². The van der Waals surface area contributed by atoms with E-state index in [1.807, 2.05) is 0 Å². The summed E-state index contributed by atoms with van der Waals surface area (Å²) in [6.07, 6.45) is 2.21. The summed E-state index contributed by atoms with van der Waals surface area (Å²) in [7, 11) is 2.21. The second kappa shape index (κ2) is 14.2. The van der Waals surface area contributed by atoms with Gasteiger partial charge in [0.25, 0.3) is 0 Å². The van der Waals surface area contributed by atoms with E-state index >= 15 is 0 Å². The number of hydrogen-bond acceptors (Lipinski definition) is 3. The molecule has 160 valence electrons. The lowest BCUT2D eigenvalue weighted by molar-refractivity contribution is 0.0925. The fraction of sp³-hybridized carbons (Fsp3) is 0.682. The number of benzene rings is 1. The largest absolute Gasteiger partial charge is 0.357 e. The van der Waals surface area contributed by atoms with Crippen LogP contribution in [0, 0.1) is 5.92 Å². The molecule has 1 aliphatic heterocycles. The minimum atomic E-state index is 0. The van der Waals surface area contributed by atoms with Crippen molar-refractivity contribution in [2.75, 3.05) is 52.9 Å². The second-order valence-electron chi connectivity index (χ2n) is 7.89. The minimum Gasteiger partial charge on any atom is -0.357 e. The lowest BCUT2D eigenvalue weighted by atomic mass is 10.0. The number of piperazine rings is 1. The highest BCUT2D eigenvalue weighted by atomic mass is 127. The van der Waals surface area contributed by atoms with Crippen LogP contribution in [0.1, 0.15) is 32.8 Å². The maximum Gasteiger partial charge on any atom is 0.191 e. The summed E-state index contributed by atoms with van der Waals surface area (Å²) in [5.41, 5.74) is 1.40. The van der Waals surface area contributed by atoms with E-state index in [0.717, 1.165) is 64.6 Å². The van der Waals surface area contributed by atoms with Crippen molar-refractivity contribution in [1.29, 1.82) is 0 Å². The van der Waals surface area contributed by atoms with Crippen molar-refractivity contribution >= 4 is 29.9 Å². The van der Waals surface area contributed by atoms with Crippen LogP contribution in [0.25, 0.3) is 0 Å². The standard InChI is InChI=1S/C22H39N5.HI/c1-5-23-22(24-13-9-12-20-10-7-6-8-11-20)25-18-21(19(2)3)27-16-14-26(4)15-17-27;/h6-8,10-11,19,21H,5,9,12-18H2,1-4H3,(H2,23,24,25);1H. The Morgan fingerprint density at radius 3 is 2.36 bits per heavy atom. The molecule has 1 aromatic rings. The molecule has 0 saturated carbocycles. The third kappa shape index (κ3) is 9.09. The Morgan fingerprint density at radius 2 is 1.75 bits per heavy atom. The van der Waals surface area contributed by atoms with Gasteiger partial charge in [-0.25, -0.2) is 0 Å². The van der Waals surface area contributed by atoms with Crippen molar-refractivity contribution in [1.82, 2.24) is 20.4 Å². The zero-order chi connectivity index (χ0) is 19.5. The topological polar surface area (TPSA) is 42.9 Å². The Labute approximate surface area is 189 Å². The number of halogens is 1. The molecular weight excluding hydrogens is 461 g/mol. The summed E-state index contributed by atoms with van der Waals surface area (Å²) < 4.78 is 0. The van der Waals surface area contributed by atoms with E-state index in [9.17, 15) is 0 Å². The molecule has 6 heteroatoms. The van der Waals surface area contributed by atoms with Gasteiger partial charge in [-0.2, -0.15) is 0 Å². The third-order valence-electron chi connectivity index (χ3n) is 5.33. The highest BCUT2D eigenvalue weighted by Gasteiger charge is 2.24. The maximum absolute atomic E-state index is 4.91. The number of nitrogens with one attached hydrogen (secondary N) is 2. The second-order valence-corrected chi connectivity index (χ2v) is 7.89. The van der Waals surface area contributed by atoms with Gasteiger partial charge in [0.1, 0.15) is 0 Å². The maximum atomic E-state index is 4.91. The van der Waals surface area contributed by atoms with E-state index in [-0.39, 0.29) is 24.0 Å². The molecule has 1 heterocycles. The van der Waals surface area contributed by atoms with Crippen LogP contribution in [0.5, 0.6) is 0 Å². The molecule has 0 bridgehead atoms. The molecule has 1 saturated heterocycles. The SMILES string of the molecule is CCNC(=NCC(C(C)C)N1CCN(C)CC1)NCCCc1ccccc1.I. The van der Waals surface area contributed by atoms with Gasteiger partial charge in [0.05, 0.1) is 6.54 Å². The highest BCUT2D eigenvalue weighted by Crippen LogP contribution is 2.14. The number of aryl methyl sites for hydroxylation is 1. The van der Waals surface area contributed by atoms with Crippen LogP contribution in [0.2, 0.25) is 0 Å². The Hall–Kier alpha value is -0.860. The summed E-state index contributed by atoms with van der Waals surface area (Å²) in [5.74, 6) is 1.56. The number of nitrogens with zero attached hydrogens (tertiary/aromatic N) is 3. The van der Waals surface area contributed by atoms with Gasteiger partial charge in [0.15, 0.2) is 5.96 Å². The van der Waals surface area contributed by atoms with Crippen LogP contribution in [-0.2, 0) is 6.42 Å². The van der Waals surface area contributed by atoms with Crippen molar-refractivity contribution in [3.05, 3.63) is 35.9 Å². The molecule has 1 fully saturated rings. The van der Waals surface area contributed by atoms with E-state index in [1.54, 1.807) is 0 Å². The summed E-state index contributed by atoms with van der Waals surface area (Å²) in [6, 6.07) is 11.2. The zero-order valence-electron chi connectivity index (χ0n) is 18.2. The van der Waals surface area contributed by atoms with Crippen LogP contribution in [0.3, 0.4) is 0 Å². The smallest absolute Gasteiger partial charge is 0.191 e. The molecule has 1 atom stereocenters. The molecule has 2 rings (SSSR count). The molecule has 5 nitrogen and oxygen atoms in total. The number of rotatable bonds is 9. The monoisotopic (exact) mass is 501 g/mol. The van der Waals surface area contributed by atoms with Crippen molar-refractivity contribution in [2.45, 2.75) is 39.7 Å². The van der Waals surface area contributed by atoms with Crippen LogP contribution in [0.15, 0.2) is 35.3 Å². The van der Waals surface area contributed by atoms with E-state index in [2.05, 4.69) is 78.6 Å². The molecular formula is C22H40IN5. The third-order valence-corrected chi connectivity index (χ3v) is 5.33. The summed E-state index contributed by atoms with van der Waals surface area (Å²) in [6.45, 7) is 14.1. The summed E-state index contributed by atoms with van der Waals surface area (Å²) in [4.78, 5) is 9.94. The minimum absolute atomic E-state index is 0. The van der Waals surface area contributed by atoms with Crippen molar-refractivity contribution in [3.63, 3.8) is 0 Å². The number of likely N-dealkylation sites (N-methyl/N-ethyl adjacent to an activating group) is 1. The fourth-order valence-corrected chi connectivity index (χ4v) is 3.57. The molecule has 28 heavy (non-hydrogen) atoms. The fourth-order valence-electron chi connectivity index (χ4n) is 3.57. The average molecular weight is 502 g/mol. The highest BCUT2D eigenvalue weighted by molar-refractivity contribution is 14.0. The Kier molecular flexibility index (Phi) is 12.7. The zero-order valence-corrected chi connectivity index (χ0v) is 20.5. The van der Waals surface area contributed by atoms with Gasteiger partial charge in [-0.15, -0.1) is 24.0 Å². The van der Waals surface area contributed by atoms with E-state index in [4.69, 9.17) is 4.99 Å². The Morgan fingerprint density at radius 1 is 1.07 bits per heavy atom. The van der Waals surface area contributed by atoms with Gasteiger partial charge in [-0.1, -0.05) is 44.2 Å². The van der Waals surface area contributed by atoms with Gasteiger partial charge >= 0.3 is 0 Å². The molecule has 0 aliphatic carbocycles. The van der Waals surface area contributed by atoms with Crippen LogP contribution in [0.4, 0.5) is 0 Å². The molecule has 1 aromatic carbocycles. The quantitative estimate of drug-likeness (QED) is 0.236. The van der Waals surface area contributed by atoms with Crippen LogP contribution >= 0.6 is 24.0 Å². The molecule has 0 amide bonds. The lowest BCUT2D eigenvalue weighted by Gasteiger charge is -2.39. The molecule has 1 unspecified atom stereocenters. The van der Waals surface area contributed by atoms with Crippen molar-refractivity contribution in [3.8, 4) is 0 Å². The van der Waals surface area contributed by atoms with E-state index in [0.29, 0.717) is 12.0 Å². The van der Waals surface area contributed by atoms with Gasteiger partial charge in [0.2, 0.25) is 0 Å². The van der Waals surface area contributed by atoms with Crippen LogP contribution < -0.4 is 10.6 Å². The number of aliphatic imine (C=N–C) groups is 1. The van der Waals surface area contributed by atoms with E-state index in [1.165, 1.54) is 5.56 Å². The molecule has 0 spiro atoms. The molecule has 1 aliphatic rings. The van der Waals surface area contributed by atoms with Crippen molar-refractivity contribution in [2.24, 2.45) is 10.9 Å². The van der Waals surface area contributed by atoms with E-state index < -0.39 is 0 Å². The molecule has 2 N–H and O–H groups in total. The lowest BCUT2D eigenvalue weighted by Crippen LogP contribution is -2.52. The Balaban J connectivity index is 0.00000392. The first-order valence-corrected chi connectivity index (χ1v) is 10.6. The Bertz CT molecular complexity index is 541. The first-order valence-electron chi connectivity index (χ1n) is 10.6. The van der Waals surface area contributed by atoms with Gasteiger partial charge < -0.3 is 15.5 Å². The number of hydrogen-bond donors (Lipinski definition) is 2. The number of guanidine groups is 1.